The van der Waals surface area contributed by atoms with E-state index in [0.29, 0.717) is 23.2 Å². The Kier molecular flexibility index (Phi) is 5.41. The van der Waals surface area contributed by atoms with Crippen LogP contribution in [0.2, 0.25) is 0 Å². The molecule has 3 rings (SSSR count). The summed E-state index contributed by atoms with van der Waals surface area (Å²) >= 11 is 5.13. The van der Waals surface area contributed by atoms with Crippen LogP contribution in [0.15, 0.2) is 40.8 Å². The highest BCUT2D eigenvalue weighted by Gasteiger charge is 2.13. The molecule has 0 saturated heterocycles. The number of nitrogens with zero attached hydrogens (tertiary/aromatic N) is 1. The molecule has 0 unspecified atom stereocenters. The molecule has 140 valence electrons. The predicted molar refractivity (Wildman–Crippen MR) is 110 cm³/mol. The number of nitrogens with one attached hydrogen (secondary N) is 2. The predicted octanol–water partition coefficient (Wildman–Crippen LogP) is 4.46. The van der Waals surface area contributed by atoms with Crippen molar-refractivity contribution in [3.63, 3.8) is 0 Å². The number of aromatic nitrogens is 1. The van der Waals surface area contributed by atoms with E-state index in [2.05, 4.69) is 35.5 Å². The number of rotatable bonds is 4. The molecule has 2 N–H and O–H groups in total. The maximum Gasteiger partial charge on any atom is 0.227 e. The van der Waals surface area contributed by atoms with Crippen molar-refractivity contribution >= 4 is 40.0 Å². The average molecular weight is 383 g/mol. The van der Waals surface area contributed by atoms with Crippen molar-refractivity contribution in [1.29, 1.82) is 0 Å². The summed E-state index contributed by atoms with van der Waals surface area (Å²) in [6.07, 6.45) is 0. The van der Waals surface area contributed by atoms with Crippen molar-refractivity contribution < 1.29 is 13.9 Å². The fourth-order valence-electron chi connectivity index (χ4n) is 2.68. The van der Waals surface area contributed by atoms with Crippen LogP contribution in [0.3, 0.4) is 0 Å². The summed E-state index contributed by atoms with van der Waals surface area (Å²) in [5.41, 5.74) is 4.13. The zero-order valence-corrected chi connectivity index (χ0v) is 16.4. The van der Waals surface area contributed by atoms with E-state index < -0.39 is 0 Å². The topological polar surface area (TPSA) is 76.4 Å². The first-order valence-corrected chi connectivity index (χ1v) is 8.95. The normalized spacial score (nSPS) is 10.9. The molecule has 0 aliphatic heterocycles. The van der Waals surface area contributed by atoms with Gasteiger partial charge in [0.25, 0.3) is 0 Å². The first-order chi connectivity index (χ1) is 12.9. The fourth-order valence-corrected chi connectivity index (χ4v) is 2.93. The summed E-state index contributed by atoms with van der Waals surface area (Å²) in [4.78, 5) is 15.8. The number of thiocarbonyl (C=S) groups is 1. The van der Waals surface area contributed by atoms with Crippen LogP contribution in [0.25, 0.3) is 22.6 Å². The summed E-state index contributed by atoms with van der Waals surface area (Å²) in [6.45, 7) is 5.68. The number of benzene rings is 2. The molecular weight excluding hydrogens is 362 g/mol. The molecular formula is C20H21N3O3S. The molecule has 0 atom stereocenters. The Labute approximate surface area is 162 Å². The minimum absolute atomic E-state index is 0.192. The van der Waals surface area contributed by atoms with E-state index in [1.54, 1.807) is 13.2 Å². The summed E-state index contributed by atoms with van der Waals surface area (Å²) < 4.78 is 11.3. The number of ether oxygens (including phenoxy) is 1. The molecule has 0 radical (unpaired) electrons. The highest BCUT2D eigenvalue weighted by molar-refractivity contribution is 7.80. The molecule has 0 aliphatic carbocycles. The lowest BCUT2D eigenvalue weighted by molar-refractivity contribution is -0.117. The second-order valence-corrected chi connectivity index (χ2v) is 6.86. The first kappa shape index (κ1) is 18.8. The number of fused-ring (bicyclic) bond motifs is 1. The van der Waals surface area contributed by atoms with Crippen LogP contribution in [0.5, 0.6) is 5.75 Å². The van der Waals surface area contributed by atoms with Crippen LogP contribution in [0, 0.1) is 0 Å². The largest absolute Gasteiger partial charge is 0.495 e. The number of hydrogen-bond donors (Lipinski definition) is 2. The lowest BCUT2D eigenvalue weighted by Crippen LogP contribution is -2.32. The maximum absolute atomic E-state index is 11.2. The number of anilines is 1. The highest BCUT2D eigenvalue weighted by atomic mass is 32.1. The molecule has 0 aliphatic rings. The van der Waals surface area contributed by atoms with Crippen molar-refractivity contribution in [2.75, 3.05) is 12.4 Å². The van der Waals surface area contributed by atoms with Gasteiger partial charge in [-0.05, 0) is 54.0 Å². The monoisotopic (exact) mass is 383 g/mol. The van der Waals surface area contributed by atoms with Gasteiger partial charge >= 0.3 is 0 Å². The molecule has 0 fully saturated rings. The molecule has 7 heteroatoms. The van der Waals surface area contributed by atoms with Gasteiger partial charge in [-0.25, -0.2) is 4.98 Å². The van der Waals surface area contributed by atoms with Crippen LogP contribution >= 0.6 is 12.2 Å². The number of hydrogen-bond acceptors (Lipinski definition) is 5. The van der Waals surface area contributed by atoms with Gasteiger partial charge in [0.2, 0.25) is 11.8 Å². The van der Waals surface area contributed by atoms with Gasteiger partial charge in [0.1, 0.15) is 11.3 Å². The van der Waals surface area contributed by atoms with Gasteiger partial charge in [-0.15, -0.1) is 0 Å². The molecule has 6 nitrogen and oxygen atoms in total. The summed E-state index contributed by atoms with van der Waals surface area (Å²) in [6, 6.07) is 11.5. The van der Waals surface area contributed by atoms with Crippen LogP contribution in [0.4, 0.5) is 5.69 Å². The molecule has 27 heavy (non-hydrogen) atoms. The van der Waals surface area contributed by atoms with Gasteiger partial charge < -0.3 is 19.8 Å². The molecule has 0 saturated carbocycles. The minimum Gasteiger partial charge on any atom is -0.495 e. The molecule has 1 aromatic heterocycles. The SMILES string of the molecule is COc1ccc(-c2nc3cc(C(C)C)ccc3o2)cc1NC(=S)NC(C)=O. The quantitative estimate of drug-likeness (QED) is 0.648. The summed E-state index contributed by atoms with van der Waals surface area (Å²) in [7, 11) is 1.56. The summed E-state index contributed by atoms with van der Waals surface area (Å²) in [5, 5.41) is 5.68. The van der Waals surface area contributed by atoms with Crippen LogP contribution in [-0.2, 0) is 4.79 Å². The second-order valence-electron chi connectivity index (χ2n) is 6.45. The van der Waals surface area contributed by atoms with Gasteiger partial charge in [-0.3, -0.25) is 4.79 Å². The van der Waals surface area contributed by atoms with Gasteiger partial charge in [-0.2, -0.15) is 0 Å². The lowest BCUT2D eigenvalue weighted by Gasteiger charge is -2.12. The van der Waals surface area contributed by atoms with Crippen molar-refractivity contribution in [3.05, 3.63) is 42.0 Å². The number of methoxy groups -OCH3 is 1. The lowest BCUT2D eigenvalue weighted by atomic mass is 10.0. The highest BCUT2D eigenvalue weighted by Crippen LogP contribution is 2.32. The molecule has 0 bridgehead atoms. The number of carbonyl (C=O) groups excluding carboxylic acids is 1. The number of amides is 1. The summed E-state index contributed by atoms with van der Waals surface area (Å²) in [5.74, 6) is 1.26. The second kappa shape index (κ2) is 7.75. The Morgan fingerprint density at radius 2 is 2.00 bits per heavy atom. The third-order valence-corrected chi connectivity index (χ3v) is 4.27. The van der Waals surface area contributed by atoms with Crippen LogP contribution < -0.4 is 15.4 Å². The molecule has 2 aromatic carbocycles. The van der Waals surface area contributed by atoms with E-state index in [9.17, 15) is 4.79 Å². The van der Waals surface area contributed by atoms with Gasteiger partial charge in [0, 0.05) is 12.5 Å². The zero-order valence-electron chi connectivity index (χ0n) is 15.6. The van der Waals surface area contributed by atoms with E-state index in [1.807, 2.05) is 24.3 Å². The maximum atomic E-state index is 11.2. The Hall–Kier alpha value is -2.93. The standard InChI is InChI=1S/C20H21N3O3S/c1-11(2)13-5-8-18-16(9-13)22-19(26-18)14-6-7-17(25-4)15(10-14)23-20(27)21-12(3)24/h5-11H,1-4H3,(H2,21,23,24,27). The van der Waals surface area contributed by atoms with Gasteiger partial charge in [0.05, 0.1) is 12.8 Å². The Balaban J connectivity index is 1.96. The Morgan fingerprint density at radius 1 is 1.22 bits per heavy atom. The van der Waals surface area contributed by atoms with E-state index in [0.717, 1.165) is 16.7 Å². The molecule has 3 aromatic rings. The fraction of sp³-hybridized carbons (Fsp3) is 0.250. The third kappa shape index (κ3) is 4.25. The Bertz CT molecular complexity index is 1010. The van der Waals surface area contributed by atoms with E-state index in [-0.39, 0.29) is 11.0 Å². The van der Waals surface area contributed by atoms with E-state index in [4.69, 9.17) is 21.4 Å². The number of oxazole rings is 1. The van der Waals surface area contributed by atoms with Crippen molar-refractivity contribution in [2.24, 2.45) is 0 Å². The van der Waals surface area contributed by atoms with E-state index >= 15 is 0 Å². The third-order valence-electron chi connectivity index (χ3n) is 4.06. The minimum atomic E-state index is -0.248. The molecule has 0 spiro atoms. The smallest absolute Gasteiger partial charge is 0.227 e. The van der Waals surface area contributed by atoms with E-state index in [1.165, 1.54) is 12.5 Å². The van der Waals surface area contributed by atoms with Crippen molar-refractivity contribution in [3.8, 4) is 17.2 Å². The van der Waals surface area contributed by atoms with Crippen molar-refractivity contribution in [2.45, 2.75) is 26.7 Å². The molecule has 1 amide bonds. The molecule has 1 heterocycles. The zero-order chi connectivity index (χ0) is 19.6. The van der Waals surface area contributed by atoms with Gasteiger partial charge in [-0.1, -0.05) is 19.9 Å². The van der Waals surface area contributed by atoms with Gasteiger partial charge in [0.15, 0.2) is 10.7 Å². The van der Waals surface area contributed by atoms with Crippen LogP contribution in [-0.4, -0.2) is 23.1 Å². The Morgan fingerprint density at radius 3 is 2.67 bits per heavy atom. The van der Waals surface area contributed by atoms with Crippen LogP contribution in [0.1, 0.15) is 32.3 Å². The average Bonchev–Trinajstić information content (AvgIpc) is 3.04. The number of carbonyl (C=O) groups is 1. The van der Waals surface area contributed by atoms with Crippen molar-refractivity contribution in [1.82, 2.24) is 10.3 Å². The first-order valence-electron chi connectivity index (χ1n) is 8.55.